The number of aryl methyl sites for hydroxylation is 1. The zero-order valence-corrected chi connectivity index (χ0v) is 23.4. The van der Waals surface area contributed by atoms with Gasteiger partial charge in [-0.2, -0.15) is 0 Å². The number of rotatable bonds is 9. The van der Waals surface area contributed by atoms with Crippen molar-refractivity contribution in [1.82, 2.24) is 4.90 Å². The summed E-state index contributed by atoms with van der Waals surface area (Å²) in [5.41, 5.74) is 5.69. The van der Waals surface area contributed by atoms with Gasteiger partial charge in [-0.15, -0.1) is 0 Å². The molecule has 2 unspecified atom stereocenters. The first kappa shape index (κ1) is 28.7. The Morgan fingerprint density at radius 3 is 1.97 bits per heavy atom. The lowest BCUT2D eigenvalue weighted by Crippen LogP contribution is -2.27. The van der Waals surface area contributed by atoms with Crippen molar-refractivity contribution in [2.45, 2.75) is 58.2 Å². The second-order valence-corrected chi connectivity index (χ2v) is 11.4. The quantitative estimate of drug-likeness (QED) is 0.318. The molecule has 7 heteroatoms. The van der Waals surface area contributed by atoms with Crippen molar-refractivity contribution < 1.29 is 17.9 Å². The lowest BCUT2D eigenvalue weighted by atomic mass is 9.83. The lowest BCUT2D eigenvalue weighted by Gasteiger charge is -2.28. The Labute approximate surface area is 222 Å². The highest BCUT2D eigenvalue weighted by Crippen LogP contribution is 2.39. The highest BCUT2D eigenvalue weighted by molar-refractivity contribution is 7.80. The summed E-state index contributed by atoms with van der Waals surface area (Å²) in [4.78, 5) is 15.5. The van der Waals surface area contributed by atoms with Gasteiger partial charge in [0.25, 0.3) is 0 Å². The predicted molar refractivity (Wildman–Crippen MR) is 149 cm³/mol. The summed E-state index contributed by atoms with van der Waals surface area (Å²) in [5, 5.41) is 1.41. The molecule has 0 aliphatic heterocycles. The second-order valence-electron chi connectivity index (χ2n) is 10.4. The standard InChI is InChI=1S/C30H37FN2O3S/c1-18(2)25-14-23(22-11-8-20(5)27(31)16-22)15-26(19(3)4)28(25)29(37(35)36)30(34)32-24-12-9-21(10-13-24)17-33(6)7/h8-16,18-19,29H,17H2,1-7H3,(H,32,34)(H,35,36)/p-1. The van der Waals surface area contributed by atoms with Gasteiger partial charge in [0.05, 0.1) is 0 Å². The molecule has 0 spiro atoms. The monoisotopic (exact) mass is 523 g/mol. The van der Waals surface area contributed by atoms with Gasteiger partial charge < -0.3 is 14.8 Å². The number of benzene rings is 3. The van der Waals surface area contributed by atoms with E-state index in [1.807, 2.05) is 77.0 Å². The SMILES string of the molecule is Cc1ccc(-c2cc(C(C)C)c(C(C(=O)Nc3ccc(CN(C)C)cc3)S(=O)[O-])c(C(C)C)c2)cc1F. The minimum absolute atomic E-state index is 0.0630. The molecule has 3 rings (SSSR count). The number of carbonyl (C=O) groups excluding carboxylic acids is 1. The second kappa shape index (κ2) is 12.1. The van der Waals surface area contributed by atoms with Crippen molar-refractivity contribution in [3.05, 3.63) is 88.2 Å². The third kappa shape index (κ3) is 6.92. The van der Waals surface area contributed by atoms with Crippen molar-refractivity contribution in [3.63, 3.8) is 0 Å². The summed E-state index contributed by atoms with van der Waals surface area (Å²) in [6, 6.07) is 16.2. The van der Waals surface area contributed by atoms with Gasteiger partial charge in [0.2, 0.25) is 5.91 Å². The summed E-state index contributed by atoms with van der Waals surface area (Å²) >= 11 is -2.71. The van der Waals surface area contributed by atoms with E-state index in [1.54, 1.807) is 25.1 Å². The Bertz CT molecular complexity index is 1260. The van der Waals surface area contributed by atoms with Crippen molar-refractivity contribution in [3.8, 4) is 11.1 Å². The minimum Gasteiger partial charge on any atom is -0.771 e. The first-order valence-electron chi connectivity index (χ1n) is 12.5. The van der Waals surface area contributed by atoms with Crippen LogP contribution in [0.5, 0.6) is 0 Å². The number of anilines is 1. The van der Waals surface area contributed by atoms with Crippen LogP contribution in [0.1, 0.15) is 72.6 Å². The van der Waals surface area contributed by atoms with E-state index >= 15 is 0 Å². The molecule has 0 aliphatic carbocycles. The molecule has 0 aliphatic rings. The van der Waals surface area contributed by atoms with Gasteiger partial charge in [-0.1, -0.05) is 64.1 Å². The summed E-state index contributed by atoms with van der Waals surface area (Å²) in [5.74, 6) is -1.03. The maximum Gasteiger partial charge on any atom is 0.243 e. The maximum absolute atomic E-state index is 14.4. The summed E-state index contributed by atoms with van der Waals surface area (Å²) < 4.78 is 39.5. The van der Waals surface area contributed by atoms with Crippen LogP contribution in [-0.4, -0.2) is 33.7 Å². The molecule has 0 aromatic heterocycles. The largest absolute Gasteiger partial charge is 0.771 e. The summed E-state index contributed by atoms with van der Waals surface area (Å²) in [6.07, 6.45) is 0. The van der Waals surface area contributed by atoms with Crippen molar-refractivity contribution in [2.75, 3.05) is 19.4 Å². The fraction of sp³-hybridized carbons (Fsp3) is 0.367. The molecule has 5 nitrogen and oxygen atoms in total. The Morgan fingerprint density at radius 2 is 1.51 bits per heavy atom. The Kier molecular flexibility index (Phi) is 9.40. The number of nitrogens with one attached hydrogen (secondary N) is 1. The third-order valence-corrected chi connectivity index (χ3v) is 7.24. The lowest BCUT2D eigenvalue weighted by molar-refractivity contribution is -0.116. The Balaban J connectivity index is 2.09. The number of carbonyl (C=O) groups is 1. The molecule has 0 radical (unpaired) electrons. The van der Waals surface area contributed by atoms with E-state index in [1.165, 1.54) is 6.07 Å². The van der Waals surface area contributed by atoms with E-state index in [2.05, 4.69) is 5.32 Å². The van der Waals surface area contributed by atoms with Crippen LogP contribution >= 0.6 is 0 Å². The molecular formula is C30H36FN2O3S-. The predicted octanol–water partition coefficient (Wildman–Crippen LogP) is 6.67. The molecule has 1 amide bonds. The number of amides is 1. The van der Waals surface area contributed by atoms with Crippen LogP contribution in [0.4, 0.5) is 10.1 Å². The number of nitrogens with zero attached hydrogens (tertiary/aromatic N) is 1. The third-order valence-electron chi connectivity index (χ3n) is 6.41. The molecule has 2 atom stereocenters. The van der Waals surface area contributed by atoms with Gasteiger partial charge in [0.15, 0.2) is 0 Å². The molecule has 0 fully saturated rings. The first-order chi connectivity index (χ1) is 17.4. The molecule has 0 saturated heterocycles. The van der Waals surface area contributed by atoms with E-state index in [4.69, 9.17) is 0 Å². The highest BCUT2D eigenvalue weighted by Gasteiger charge is 2.30. The zero-order chi connectivity index (χ0) is 27.4. The zero-order valence-electron chi connectivity index (χ0n) is 22.6. The fourth-order valence-corrected chi connectivity index (χ4v) is 5.18. The molecule has 0 bridgehead atoms. The molecule has 0 saturated carbocycles. The van der Waals surface area contributed by atoms with Crippen molar-refractivity contribution >= 4 is 22.7 Å². The van der Waals surface area contributed by atoms with Crippen molar-refractivity contribution in [2.24, 2.45) is 0 Å². The van der Waals surface area contributed by atoms with Gasteiger partial charge in [0.1, 0.15) is 11.1 Å². The summed E-state index contributed by atoms with van der Waals surface area (Å²) in [7, 11) is 3.95. The van der Waals surface area contributed by atoms with Gasteiger partial charge in [-0.05, 0) is 101 Å². The van der Waals surface area contributed by atoms with Crippen LogP contribution in [0.25, 0.3) is 11.1 Å². The van der Waals surface area contributed by atoms with Crippen LogP contribution in [-0.2, 0) is 22.4 Å². The highest BCUT2D eigenvalue weighted by atomic mass is 32.2. The van der Waals surface area contributed by atoms with E-state index < -0.39 is 22.2 Å². The Morgan fingerprint density at radius 1 is 0.946 bits per heavy atom. The minimum atomic E-state index is -2.71. The van der Waals surface area contributed by atoms with Gasteiger partial charge >= 0.3 is 0 Å². The van der Waals surface area contributed by atoms with Gasteiger partial charge in [-0.25, -0.2) is 4.39 Å². The number of halogens is 1. The molecule has 198 valence electrons. The smallest absolute Gasteiger partial charge is 0.243 e. The molecule has 1 N–H and O–H groups in total. The maximum atomic E-state index is 14.4. The molecule has 3 aromatic carbocycles. The molecule has 0 heterocycles. The van der Waals surface area contributed by atoms with Crippen LogP contribution < -0.4 is 5.32 Å². The van der Waals surface area contributed by atoms with Crippen LogP contribution in [0.2, 0.25) is 0 Å². The fourth-order valence-electron chi connectivity index (χ4n) is 4.48. The average molecular weight is 524 g/mol. The number of hydrogen-bond acceptors (Lipinski definition) is 4. The number of hydrogen-bond donors (Lipinski definition) is 1. The van der Waals surface area contributed by atoms with E-state index in [0.29, 0.717) is 22.4 Å². The van der Waals surface area contributed by atoms with Crippen LogP contribution in [0.15, 0.2) is 54.6 Å². The van der Waals surface area contributed by atoms with Gasteiger partial charge in [-0.3, -0.25) is 9.00 Å². The summed E-state index contributed by atoms with van der Waals surface area (Å²) in [6.45, 7) is 10.3. The van der Waals surface area contributed by atoms with Crippen LogP contribution in [0.3, 0.4) is 0 Å². The molecule has 3 aromatic rings. The van der Waals surface area contributed by atoms with Crippen molar-refractivity contribution in [1.29, 1.82) is 0 Å². The normalized spacial score (nSPS) is 13.3. The first-order valence-corrected chi connectivity index (χ1v) is 13.6. The topological polar surface area (TPSA) is 72.5 Å². The van der Waals surface area contributed by atoms with E-state index in [-0.39, 0.29) is 17.7 Å². The van der Waals surface area contributed by atoms with E-state index in [9.17, 15) is 17.9 Å². The van der Waals surface area contributed by atoms with Gasteiger partial charge in [0, 0.05) is 12.2 Å². The van der Waals surface area contributed by atoms with Crippen LogP contribution in [0, 0.1) is 12.7 Å². The molecule has 37 heavy (non-hydrogen) atoms. The Hall–Kier alpha value is -2.87. The molecular weight excluding hydrogens is 487 g/mol. The van der Waals surface area contributed by atoms with E-state index in [0.717, 1.165) is 28.8 Å². The average Bonchev–Trinajstić information content (AvgIpc) is 2.81.